The lowest BCUT2D eigenvalue weighted by Gasteiger charge is -2.38. The predicted octanol–water partition coefficient (Wildman–Crippen LogP) is 2.12. The van der Waals surface area contributed by atoms with E-state index in [1.807, 2.05) is 19.3 Å². The van der Waals surface area contributed by atoms with Crippen LogP contribution >= 0.6 is 0 Å². The number of fused-ring (bicyclic) bond motifs is 1. The summed E-state index contributed by atoms with van der Waals surface area (Å²) in [6, 6.07) is 1.66. The highest BCUT2D eigenvalue weighted by atomic mass is 16.3. The van der Waals surface area contributed by atoms with Crippen LogP contribution in [-0.2, 0) is 23.1 Å². The van der Waals surface area contributed by atoms with E-state index in [0.29, 0.717) is 12.8 Å². The first-order chi connectivity index (χ1) is 12.5. The van der Waals surface area contributed by atoms with Gasteiger partial charge in [-0.3, -0.25) is 14.3 Å². The molecule has 0 bridgehead atoms. The van der Waals surface area contributed by atoms with E-state index in [2.05, 4.69) is 10.4 Å². The van der Waals surface area contributed by atoms with Crippen LogP contribution in [-0.4, -0.2) is 33.5 Å². The fraction of sp³-hybridized carbons (Fsp3) is 0.526. The summed E-state index contributed by atoms with van der Waals surface area (Å²) in [5, 5.41) is 7.43. The molecule has 0 unspecified atom stereocenters. The average molecular weight is 356 g/mol. The summed E-state index contributed by atoms with van der Waals surface area (Å²) in [5.74, 6) is 0.760. The lowest BCUT2D eigenvalue weighted by atomic mass is 9.84. The molecule has 3 heterocycles. The highest BCUT2D eigenvalue weighted by Gasteiger charge is 2.40. The Bertz CT molecular complexity index is 824. The Labute approximate surface area is 152 Å². The lowest BCUT2D eigenvalue weighted by Crippen LogP contribution is -2.47. The number of nitrogens with zero attached hydrogens (tertiary/aromatic N) is 3. The number of amides is 2. The summed E-state index contributed by atoms with van der Waals surface area (Å²) in [6.07, 6.45) is 9.11. The third kappa shape index (κ3) is 2.91. The van der Waals surface area contributed by atoms with E-state index in [9.17, 15) is 9.59 Å². The maximum atomic E-state index is 13.1. The molecule has 3 atom stereocenters. The molecular weight excluding hydrogens is 332 g/mol. The van der Waals surface area contributed by atoms with E-state index in [0.717, 1.165) is 36.1 Å². The second-order valence-corrected chi connectivity index (χ2v) is 7.29. The van der Waals surface area contributed by atoms with Gasteiger partial charge in [-0.1, -0.05) is 0 Å². The minimum absolute atomic E-state index is 0.00254. The number of hydrogen-bond donors (Lipinski definition) is 1. The number of piperidine rings is 1. The molecule has 26 heavy (non-hydrogen) atoms. The molecule has 7 nitrogen and oxygen atoms in total. The Balaban J connectivity index is 1.57. The largest absolute Gasteiger partial charge is 0.469 e. The van der Waals surface area contributed by atoms with Gasteiger partial charge in [0, 0.05) is 44.3 Å². The minimum atomic E-state index is -0.280. The van der Waals surface area contributed by atoms with Gasteiger partial charge in [0.1, 0.15) is 5.76 Å². The van der Waals surface area contributed by atoms with Crippen LogP contribution in [0.25, 0.3) is 0 Å². The Morgan fingerprint density at radius 1 is 1.31 bits per heavy atom. The van der Waals surface area contributed by atoms with E-state index in [4.69, 9.17) is 4.42 Å². The van der Waals surface area contributed by atoms with Crippen molar-refractivity contribution in [2.75, 3.05) is 7.05 Å². The number of likely N-dealkylation sites (tertiary alicyclic amines) is 1. The van der Waals surface area contributed by atoms with Gasteiger partial charge in [-0.15, -0.1) is 0 Å². The van der Waals surface area contributed by atoms with Crippen LogP contribution in [0.2, 0.25) is 0 Å². The Morgan fingerprint density at radius 3 is 2.92 bits per heavy atom. The molecule has 2 aromatic heterocycles. The maximum Gasteiger partial charge on any atom is 0.226 e. The predicted molar refractivity (Wildman–Crippen MR) is 94.0 cm³/mol. The zero-order valence-corrected chi connectivity index (χ0v) is 15.1. The maximum absolute atomic E-state index is 13.1. The second kappa shape index (κ2) is 6.63. The SMILES string of the molecule is CN1C(=O)CC[C@H](C(=O)N[C@H]2CCCc3occc32)[C@@H]1c1cnn(C)c1. The van der Waals surface area contributed by atoms with E-state index >= 15 is 0 Å². The van der Waals surface area contributed by atoms with Crippen LogP contribution in [0.1, 0.15) is 54.7 Å². The van der Waals surface area contributed by atoms with Crippen LogP contribution < -0.4 is 5.32 Å². The summed E-state index contributed by atoms with van der Waals surface area (Å²) in [7, 11) is 3.61. The van der Waals surface area contributed by atoms with Crippen molar-refractivity contribution >= 4 is 11.8 Å². The zero-order valence-electron chi connectivity index (χ0n) is 15.1. The quantitative estimate of drug-likeness (QED) is 0.913. The molecule has 1 aliphatic carbocycles. The number of nitrogens with one attached hydrogen (secondary N) is 1. The molecule has 0 radical (unpaired) electrons. The third-order valence-corrected chi connectivity index (χ3v) is 5.63. The molecule has 4 rings (SSSR count). The number of furan rings is 1. The molecule has 138 valence electrons. The van der Waals surface area contributed by atoms with E-state index < -0.39 is 0 Å². The molecule has 0 spiro atoms. The molecular formula is C19H24N4O3. The summed E-state index contributed by atoms with van der Waals surface area (Å²) >= 11 is 0. The summed E-state index contributed by atoms with van der Waals surface area (Å²) in [5.41, 5.74) is 1.98. The molecule has 1 N–H and O–H groups in total. The summed E-state index contributed by atoms with van der Waals surface area (Å²) < 4.78 is 7.23. The van der Waals surface area contributed by atoms with Gasteiger partial charge in [0.15, 0.2) is 0 Å². The van der Waals surface area contributed by atoms with Crippen LogP contribution in [0.4, 0.5) is 0 Å². The van der Waals surface area contributed by atoms with Gasteiger partial charge in [0.25, 0.3) is 0 Å². The van der Waals surface area contributed by atoms with Crippen LogP contribution in [0, 0.1) is 5.92 Å². The molecule has 0 aromatic carbocycles. The molecule has 1 saturated heterocycles. The van der Waals surface area contributed by atoms with Gasteiger partial charge < -0.3 is 14.6 Å². The summed E-state index contributed by atoms with van der Waals surface area (Å²) in [4.78, 5) is 27.0. The number of hydrogen-bond acceptors (Lipinski definition) is 4. The van der Waals surface area contributed by atoms with E-state index in [1.165, 1.54) is 0 Å². The number of carbonyl (C=O) groups is 2. The molecule has 2 aromatic rings. The molecule has 2 amide bonds. The van der Waals surface area contributed by atoms with Gasteiger partial charge in [-0.25, -0.2) is 0 Å². The first-order valence-electron chi connectivity index (χ1n) is 9.15. The number of carbonyl (C=O) groups excluding carboxylic acids is 2. The summed E-state index contributed by atoms with van der Waals surface area (Å²) in [6.45, 7) is 0. The standard InChI is InChI=1S/C19H24N4O3/c1-22-11-12(10-20-22)18-14(6-7-17(24)23(18)2)19(25)21-15-4-3-5-16-13(15)8-9-26-16/h8-11,14-15,18H,3-7H2,1-2H3,(H,21,25)/t14-,15-,18-/m0/s1. The topological polar surface area (TPSA) is 80.4 Å². The molecule has 2 aliphatic rings. The van der Waals surface area contributed by atoms with Crippen molar-refractivity contribution < 1.29 is 14.0 Å². The van der Waals surface area contributed by atoms with Crippen molar-refractivity contribution in [3.63, 3.8) is 0 Å². The normalized spacial score (nSPS) is 25.8. The van der Waals surface area contributed by atoms with Crippen molar-refractivity contribution in [3.05, 3.63) is 41.6 Å². The van der Waals surface area contributed by atoms with Crippen LogP contribution in [0.15, 0.2) is 29.1 Å². The van der Waals surface area contributed by atoms with Crippen molar-refractivity contribution in [2.24, 2.45) is 13.0 Å². The monoisotopic (exact) mass is 356 g/mol. The van der Waals surface area contributed by atoms with Crippen LogP contribution in [0.3, 0.4) is 0 Å². The molecule has 7 heteroatoms. The number of aromatic nitrogens is 2. The molecule has 0 saturated carbocycles. The van der Waals surface area contributed by atoms with Gasteiger partial charge in [0.2, 0.25) is 11.8 Å². The van der Waals surface area contributed by atoms with Crippen LogP contribution in [0.5, 0.6) is 0 Å². The molecule has 1 aliphatic heterocycles. The minimum Gasteiger partial charge on any atom is -0.469 e. The fourth-order valence-electron chi connectivity index (χ4n) is 4.28. The highest BCUT2D eigenvalue weighted by molar-refractivity contribution is 5.85. The average Bonchev–Trinajstić information content (AvgIpc) is 3.26. The first kappa shape index (κ1) is 16.9. The fourth-order valence-corrected chi connectivity index (χ4v) is 4.28. The van der Waals surface area contributed by atoms with Crippen molar-refractivity contribution in [2.45, 2.75) is 44.2 Å². The Morgan fingerprint density at radius 2 is 2.15 bits per heavy atom. The van der Waals surface area contributed by atoms with E-state index in [-0.39, 0.29) is 29.8 Å². The molecule has 1 fully saturated rings. The Kier molecular flexibility index (Phi) is 4.30. The first-order valence-corrected chi connectivity index (χ1v) is 9.15. The smallest absolute Gasteiger partial charge is 0.226 e. The van der Waals surface area contributed by atoms with Crippen molar-refractivity contribution in [1.29, 1.82) is 0 Å². The number of aryl methyl sites for hydroxylation is 2. The van der Waals surface area contributed by atoms with Crippen molar-refractivity contribution in [1.82, 2.24) is 20.0 Å². The van der Waals surface area contributed by atoms with Gasteiger partial charge in [-0.05, 0) is 25.3 Å². The number of rotatable bonds is 3. The van der Waals surface area contributed by atoms with E-state index in [1.54, 1.807) is 29.1 Å². The highest BCUT2D eigenvalue weighted by Crippen LogP contribution is 2.37. The zero-order chi connectivity index (χ0) is 18.3. The van der Waals surface area contributed by atoms with Gasteiger partial charge in [0.05, 0.1) is 30.5 Å². The van der Waals surface area contributed by atoms with Gasteiger partial charge >= 0.3 is 0 Å². The van der Waals surface area contributed by atoms with Gasteiger partial charge in [-0.2, -0.15) is 5.10 Å². The second-order valence-electron chi connectivity index (χ2n) is 7.29. The Hall–Kier alpha value is -2.57. The third-order valence-electron chi connectivity index (χ3n) is 5.63. The lowest BCUT2D eigenvalue weighted by molar-refractivity contribution is -0.142. The van der Waals surface area contributed by atoms with Crippen molar-refractivity contribution in [3.8, 4) is 0 Å².